The van der Waals surface area contributed by atoms with Crippen LogP contribution < -0.4 is 15.0 Å². The highest BCUT2D eigenvalue weighted by molar-refractivity contribution is 7.99. The van der Waals surface area contributed by atoms with Crippen LogP contribution in [-0.2, 0) is 6.54 Å². The maximum absolute atomic E-state index is 12.7. The van der Waals surface area contributed by atoms with Gasteiger partial charge in [-0.25, -0.2) is 4.98 Å². The van der Waals surface area contributed by atoms with Crippen LogP contribution in [0.4, 0.5) is 0 Å². The van der Waals surface area contributed by atoms with Crippen molar-refractivity contribution in [2.45, 2.75) is 19.5 Å². The number of nitrogens with one attached hydrogen (secondary N) is 1. The molecule has 1 N–H and O–H groups in total. The largest absolute Gasteiger partial charge is 0.493 e. The van der Waals surface area contributed by atoms with Crippen LogP contribution in [0, 0.1) is 6.92 Å². The molecule has 1 atom stereocenters. The highest BCUT2D eigenvalue weighted by atomic mass is 32.2. The lowest BCUT2D eigenvalue weighted by atomic mass is 10.0. The van der Waals surface area contributed by atoms with E-state index in [1.807, 2.05) is 11.8 Å². The van der Waals surface area contributed by atoms with Crippen molar-refractivity contribution in [2.75, 3.05) is 32.3 Å². The molecule has 1 fully saturated rings. The molecular weight excluding hydrogens is 386 g/mol. The Morgan fingerprint density at radius 1 is 1.17 bits per heavy atom. The van der Waals surface area contributed by atoms with Crippen LogP contribution in [0.15, 0.2) is 41.2 Å². The van der Waals surface area contributed by atoms with Crippen LogP contribution in [-0.4, -0.2) is 47.1 Å². The van der Waals surface area contributed by atoms with Crippen molar-refractivity contribution in [2.24, 2.45) is 0 Å². The number of benzene rings is 2. The topological polar surface area (TPSA) is 67.5 Å². The van der Waals surface area contributed by atoms with Crippen molar-refractivity contribution in [3.63, 3.8) is 0 Å². The molecule has 7 heteroatoms. The molecule has 6 nitrogen and oxygen atoms in total. The average molecular weight is 412 g/mol. The van der Waals surface area contributed by atoms with Gasteiger partial charge in [-0.1, -0.05) is 29.8 Å². The fourth-order valence-electron chi connectivity index (χ4n) is 3.70. The van der Waals surface area contributed by atoms with Gasteiger partial charge in [0.25, 0.3) is 5.56 Å². The molecule has 2 heterocycles. The van der Waals surface area contributed by atoms with E-state index >= 15 is 0 Å². The van der Waals surface area contributed by atoms with Gasteiger partial charge in [-0.2, -0.15) is 11.8 Å². The number of hydrogen-bond acceptors (Lipinski definition) is 6. The minimum absolute atomic E-state index is 0.163. The minimum Gasteiger partial charge on any atom is -0.493 e. The summed E-state index contributed by atoms with van der Waals surface area (Å²) >= 11 is 1.97. The summed E-state index contributed by atoms with van der Waals surface area (Å²) in [4.78, 5) is 22.8. The third-order valence-corrected chi connectivity index (χ3v) is 6.34. The van der Waals surface area contributed by atoms with Crippen molar-refractivity contribution in [3.05, 3.63) is 63.7 Å². The number of aryl methyl sites for hydroxylation is 1. The van der Waals surface area contributed by atoms with Crippen LogP contribution in [0.25, 0.3) is 10.9 Å². The van der Waals surface area contributed by atoms with Gasteiger partial charge < -0.3 is 14.5 Å². The van der Waals surface area contributed by atoms with E-state index in [4.69, 9.17) is 14.5 Å². The van der Waals surface area contributed by atoms with Gasteiger partial charge in [-0.15, -0.1) is 0 Å². The molecule has 1 aromatic heterocycles. The first kappa shape index (κ1) is 19.8. The third-order valence-electron chi connectivity index (χ3n) is 5.31. The Labute approximate surface area is 174 Å². The molecule has 4 rings (SSSR count). The van der Waals surface area contributed by atoms with Gasteiger partial charge in [-0.05, 0) is 18.6 Å². The number of thioether (sulfide) groups is 1. The second kappa shape index (κ2) is 8.47. The lowest BCUT2D eigenvalue weighted by Gasteiger charge is -2.35. The molecule has 1 saturated heterocycles. The van der Waals surface area contributed by atoms with E-state index in [1.54, 1.807) is 26.4 Å². The second-order valence-corrected chi connectivity index (χ2v) is 8.36. The Morgan fingerprint density at radius 3 is 2.62 bits per heavy atom. The van der Waals surface area contributed by atoms with Crippen LogP contribution in [0.2, 0.25) is 0 Å². The van der Waals surface area contributed by atoms with Crippen molar-refractivity contribution < 1.29 is 9.47 Å². The summed E-state index contributed by atoms with van der Waals surface area (Å²) in [6, 6.07) is 12.5. The van der Waals surface area contributed by atoms with Crippen molar-refractivity contribution in [1.82, 2.24) is 14.9 Å². The molecule has 29 heavy (non-hydrogen) atoms. The van der Waals surface area contributed by atoms with Gasteiger partial charge in [0.15, 0.2) is 11.5 Å². The number of rotatable bonds is 5. The zero-order valence-electron chi connectivity index (χ0n) is 16.9. The zero-order chi connectivity index (χ0) is 20.4. The molecule has 1 aliphatic heterocycles. The van der Waals surface area contributed by atoms with E-state index in [-0.39, 0.29) is 5.56 Å². The van der Waals surface area contributed by atoms with Crippen molar-refractivity contribution in [1.29, 1.82) is 0 Å². The van der Waals surface area contributed by atoms with Crippen molar-refractivity contribution in [3.8, 4) is 11.5 Å². The lowest BCUT2D eigenvalue weighted by molar-refractivity contribution is 0.207. The number of hydrogen-bond donors (Lipinski definition) is 1. The van der Waals surface area contributed by atoms with E-state index in [9.17, 15) is 4.79 Å². The zero-order valence-corrected chi connectivity index (χ0v) is 17.7. The van der Waals surface area contributed by atoms with Gasteiger partial charge in [0, 0.05) is 30.2 Å². The lowest BCUT2D eigenvalue weighted by Crippen LogP contribution is -2.36. The Morgan fingerprint density at radius 2 is 1.90 bits per heavy atom. The predicted molar refractivity (Wildman–Crippen MR) is 117 cm³/mol. The summed E-state index contributed by atoms with van der Waals surface area (Å²) in [6.45, 7) is 3.65. The van der Waals surface area contributed by atoms with E-state index in [2.05, 4.69) is 41.1 Å². The number of aromatic nitrogens is 2. The Balaban J connectivity index is 1.66. The normalized spacial score (nSPS) is 17.4. The first-order valence-corrected chi connectivity index (χ1v) is 10.8. The van der Waals surface area contributed by atoms with Gasteiger partial charge in [-0.3, -0.25) is 9.69 Å². The fourth-order valence-corrected chi connectivity index (χ4v) is 4.86. The summed E-state index contributed by atoms with van der Waals surface area (Å²) in [6.07, 6.45) is 0. The molecule has 1 unspecified atom stereocenters. The second-order valence-electron chi connectivity index (χ2n) is 7.21. The maximum atomic E-state index is 12.7. The Kier molecular flexibility index (Phi) is 5.78. The SMILES string of the molecule is COc1cc2nc(CN3CCSCC3c3ccc(C)cc3)[nH]c(=O)c2cc1OC. The van der Waals surface area contributed by atoms with Gasteiger partial charge in [0.2, 0.25) is 0 Å². The van der Waals surface area contributed by atoms with Crippen molar-refractivity contribution >= 4 is 22.7 Å². The molecule has 0 saturated carbocycles. The first-order chi connectivity index (χ1) is 14.1. The smallest absolute Gasteiger partial charge is 0.258 e. The molecule has 0 bridgehead atoms. The molecule has 3 aromatic rings. The molecule has 2 aromatic carbocycles. The van der Waals surface area contributed by atoms with Crippen LogP contribution in [0.5, 0.6) is 11.5 Å². The monoisotopic (exact) mass is 411 g/mol. The van der Waals surface area contributed by atoms with E-state index in [0.717, 1.165) is 18.1 Å². The van der Waals surface area contributed by atoms with E-state index < -0.39 is 0 Å². The average Bonchev–Trinajstić information content (AvgIpc) is 2.74. The number of nitrogens with zero attached hydrogens (tertiary/aromatic N) is 2. The quantitative estimate of drug-likeness (QED) is 0.693. The summed E-state index contributed by atoms with van der Waals surface area (Å²) in [5, 5.41) is 0.496. The molecule has 1 aliphatic rings. The van der Waals surface area contributed by atoms with Crippen LogP contribution >= 0.6 is 11.8 Å². The maximum Gasteiger partial charge on any atom is 0.258 e. The molecule has 0 spiro atoms. The Bertz CT molecular complexity index is 1070. The summed E-state index contributed by atoms with van der Waals surface area (Å²) in [7, 11) is 3.13. The summed E-state index contributed by atoms with van der Waals surface area (Å²) in [5.74, 6) is 3.86. The first-order valence-electron chi connectivity index (χ1n) is 9.62. The number of ether oxygens (including phenoxy) is 2. The standard InChI is InChI=1S/C22H25N3O3S/c1-14-4-6-15(7-5-14)18-13-29-9-8-25(18)12-21-23-17-11-20(28-3)19(27-2)10-16(17)22(26)24-21/h4-7,10-11,18H,8-9,12-13H2,1-3H3,(H,23,24,26). The third kappa shape index (κ3) is 4.11. The molecule has 152 valence electrons. The highest BCUT2D eigenvalue weighted by Gasteiger charge is 2.25. The van der Waals surface area contributed by atoms with E-state index in [1.165, 1.54) is 11.1 Å². The van der Waals surface area contributed by atoms with Crippen LogP contribution in [0.3, 0.4) is 0 Å². The van der Waals surface area contributed by atoms with Gasteiger partial charge in [0.05, 0.1) is 31.7 Å². The molecule has 0 amide bonds. The summed E-state index contributed by atoms with van der Waals surface area (Å²) in [5.41, 5.74) is 3.01. The van der Waals surface area contributed by atoms with Crippen LogP contribution in [0.1, 0.15) is 23.0 Å². The molecule has 0 radical (unpaired) electrons. The van der Waals surface area contributed by atoms with Gasteiger partial charge >= 0.3 is 0 Å². The minimum atomic E-state index is -0.163. The predicted octanol–water partition coefficient (Wildman–Crippen LogP) is 3.54. The number of aromatic amines is 1. The molecule has 0 aliphatic carbocycles. The molecular formula is C22H25N3O3S. The van der Waals surface area contributed by atoms with Gasteiger partial charge in [0.1, 0.15) is 5.82 Å². The van der Waals surface area contributed by atoms with E-state index in [0.29, 0.717) is 40.8 Å². The number of H-pyrrole nitrogens is 1. The fraction of sp³-hybridized carbons (Fsp3) is 0.364. The number of fused-ring (bicyclic) bond motifs is 1. The summed E-state index contributed by atoms with van der Waals surface area (Å²) < 4.78 is 10.7. The Hall–Kier alpha value is -2.51. The number of methoxy groups -OCH3 is 2. The highest BCUT2D eigenvalue weighted by Crippen LogP contribution is 2.32.